The highest BCUT2D eigenvalue weighted by Gasteiger charge is 2.29. The molecule has 1 aliphatic rings. The van der Waals surface area contributed by atoms with E-state index in [1.807, 2.05) is 49.1 Å². The molecule has 3 rings (SSSR count). The topological polar surface area (TPSA) is 55.3 Å². The van der Waals surface area contributed by atoms with Gasteiger partial charge in [0.2, 0.25) is 0 Å². The Hall–Kier alpha value is -2.43. The average Bonchev–Trinajstić information content (AvgIpc) is 2.66. The summed E-state index contributed by atoms with van der Waals surface area (Å²) in [6.45, 7) is 5.52. The second-order valence-electron chi connectivity index (χ2n) is 6.57. The molecule has 1 unspecified atom stereocenters. The Morgan fingerprint density at radius 2 is 2.12 bits per heavy atom. The Morgan fingerprint density at radius 3 is 2.76 bits per heavy atom. The largest absolute Gasteiger partial charge is 0.481 e. The third kappa shape index (κ3) is 4.35. The smallest absolute Gasteiger partial charge is 0.263 e. The minimum atomic E-state index is -0.419. The zero-order chi connectivity index (χ0) is 17.6. The van der Waals surface area contributed by atoms with Gasteiger partial charge >= 0.3 is 0 Å². The van der Waals surface area contributed by atoms with E-state index in [4.69, 9.17) is 4.74 Å². The number of benzene rings is 1. The number of aromatic nitrogens is 2. The first kappa shape index (κ1) is 17.4. The highest BCUT2D eigenvalue weighted by atomic mass is 16.5. The summed E-state index contributed by atoms with van der Waals surface area (Å²) in [7, 11) is 0. The van der Waals surface area contributed by atoms with Crippen molar-refractivity contribution < 1.29 is 9.53 Å². The van der Waals surface area contributed by atoms with Crippen molar-refractivity contribution in [3.63, 3.8) is 0 Å². The van der Waals surface area contributed by atoms with Gasteiger partial charge in [-0.3, -0.25) is 4.79 Å². The molecule has 2 heterocycles. The molecule has 0 aliphatic carbocycles. The molecule has 1 aromatic heterocycles. The summed E-state index contributed by atoms with van der Waals surface area (Å²) in [4.78, 5) is 23.1. The van der Waals surface area contributed by atoms with Gasteiger partial charge in [0.25, 0.3) is 5.91 Å². The molecular formula is C20H25N3O2. The van der Waals surface area contributed by atoms with Crippen molar-refractivity contribution in [2.45, 2.75) is 45.1 Å². The lowest BCUT2D eigenvalue weighted by atomic mass is 9.93. The molecule has 1 atom stereocenters. The van der Waals surface area contributed by atoms with Gasteiger partial charge in [0, 0.05) is 30.9 Å². The van der Waals surface area contributed by atoms with Crippen molar-refractivity contribution >= 4 is 5.91 Å². The summed E-state index contributed by atoms with van der Waals surface area (Å²) in [6.07, 6.45) is 5.49. The molecule has 5 heteroatoms. The number of hydrogen-bond acceptors (Lipinski definition) is 4. The van der Waals surface area contributed by atoms with Crippen LogP contribution in [0, 0.1) is 6.92 Å². The minimum absolute atomic E-state index is 0.0881. The summed E-state index contributed by atoms with van der Waals surface area (Å²) in [5.41, 5.74) is 2.20. The third-order valence-electron chi connectivity index (χ3n) is 4.74. The van der Waals surface area contributed by atoms with Crippen LogP contribution in [0.3, 0.4) is 0 Å². The lowest BCUT2D eigenvalue weighted by Gasteiger charge is -2.33. The number of carbonyl (C=O) groups excluding carboxylic acids is 1. The van der Waals surface area contributed by atoms with Crippen LogP contribution in [0.15, 0.2) is 42.9 Å². The van der Waals surface area contributed by atoms with E-state index in [1.54, 1.807) is 12.5 Å². The highest BCUT2D eigenvalue weighted by Crippen LogP contribution is 2.27. The van der Waals surface area contributed by atoms with E-state index in [0.29, 0.717) is 12.3 Å². The number of hydrogen-bond donors (Lipinski definition) is 0. The third-order valence-corrected chi connectivity index (χ3v) is 4.74. The monoisotopic (exact) mass is 339 g/mol. The molecule has 5 nitrogen and oxygen atoms in total. The van der Waals surface area contributed by atoms with Gasteiger partial charge in [-0.1, -0.05) is 19.1 Å². The van der Waals surface area contributed by atoms with Crippen molar-refractivity contribution in [1.82, 2.24) is 14.9 Å². The molecule has 1 fully saturated rings. The van der Waals surface area contributed by atoms with Crippen LogP contribution < -0.4 is 4.74 Å². The summed E-state index contributed by atoms with van der Waals surface area (Å²) in [6, 6.07) is 9.82. The van der Waals surface area contributed by atoms with Crippen molar-refractivity contribution in [1.29, 1.82) is 0 Å². The SMILES string of the molecule is CCC(Oc1cccc(C)c1)C(=O)N1CCC(c2ccncn2)CC1. The molecule has 1 aromatic carbocycles. The first-order valence-corrected chi connectivity index (χ1v) is 8.95. The van der Waals surface area contributed by atoms with Gasteiger partial charge in [-0.15, -0.1) is 0 Å². The lowest BCUT2D eigenvalue weighted by molar-refractivity contribution is -0.140. The number of ether oxygens (including phenoxy) is 1. The van der Waals surface area contributed by atoms with E-state index in [9.17, 15) is 4.79 Å². The molecule has 2 aromatic rings. The van der Waals surface area contributed by atoms with Gasteiger partial charge in [-0.05, 0) is 49.9 Å². The number of carbonyl (C=O) groups is 1. The Kier molecular flexibility index (Phi) is 5.64. The fourth-order valence-electron chi connectivity index (χ4n) is 3.30. The molecule has 25 heavy (non-hydrogen) atoms. The molecule has 0 spiro atoms. The maximum absolute atomic E-state index is 12.8. The zero-order valence-corrected chi connectivity index (χ0v) is 14.9. The number of amides is 1. The average molecular weight is 339 g/mol. The highest BCUT2D eigenvalue weighted by molar-refractivity contribution is 5.81. The Labute approximate surface area is 149 Å². The van der Waals surface area contributed by atoms with E-state index in [1.165, 1.54) is 0 Å². The van der Waals surface area contributed by atoms with Crippen molar-refractivity contribution in [2.75, 3.05) is 13.1 Å². The van der Waals surface area contributed by atoms with Crippen molar-refractivity contribution in [3.05, 3.63) is 54.1 Å². The Balaban J connectivity index is 1.59. The first-order chi connectivity index (χ1) is 12.2. The lowest BCUT2D eigenvalue weighted by Crippen LogP contribution is -2.45. The molecular weight excluding hydrogens is 314 g/mol. The van der Waals surface area contributed by atoms with E-state index in [-0.39, 0.29) is 5.91 Å². The van der Waals surface area contributed by atoms with Gasteiger partial charge in [0.05, 0.1) is 0 Å². The van der Waals surface area contributed by atoms with Gasteiger partial charge in [0.1, 0.15) is 12.1 Å². The second-order valence-corrected chi connectivity index (χ2v) is 6.57. The Morgan fingerprint density at radius 1 is 1.32 bits per heavy atom. The maximum atomic E-state index is 12.8. The normalized spacial score (nSPS) is 16.5. The molecule has 0 N–H and O–H groups in total. The van der Waals surface area contributed by atoms with Crippen LogP contribution >= 0.6 is 0 Å². The molecule has 132 valence electrons. The fourth-order valence-corrected chi connectivity index (χ4v) is 3.30. The predicted molar refractivity (Wildman–Crippen MR) is 96.5 cm³/mol. The quantitative estimate of drug-likeness (QED) is 0.838. The maximum Gasteiger partial charge on any atom is 0.263 e. The summed E-state index contributed by atoms with van der Waals surface area (Å²) in [5, 5.41) is 0. The summed E-state index contributed by atoms with van der Waals surface area (Å²) < 4.78 is 5.96. The van der Waals surface area contributed by atoms with Crippen LogP contribution in [0.25, 0.3) is 0 Å². The van der Waals surface area contributed by atoms with Gasteiger partial charge in [0.15, 0.2) is 6.10 Å². The van der Waals surface area contributed by atoms with E-state index < -0.39 is 6.10 Å². The molecule has 1 aliphatic heterocycles. The van der Waals surface area contributed by atoms with Crippen LogP contribution in [-0.2, 0) is 4.79 Å². The standard InChI is InChI=1S/C20H25N3O2/c1-3-19(25-17-6-4-5-15(2)13-17)20(24)23-11-8-16(9-12-23)18-7-10-21-14-22-18/h4-7,10,13-14,16,19H,3,8-9,11-12H2,1-2H3. The number of likely N-dealkylation sites (tertiary alicyclic amines) is 1. The number of aryl methyl sites for hydroxylation is 1. The van der Waals surface area contributed by atoms with Crippen LogP contribution in [0.1, 0.15) is 43.4 Å². The van der Waals surface area contributed by atoms with Crippen LogP contribution in [0.2, 0.25) is 0 Å². The summed E-state index contributed by atoms with van der Waals surface area (Å²) >= 11 is 0. The number of nitrogens with zero attached hydrogens (tertiary/aromatic N) is 3. The second kappa shape index (κ2) is 8.10. The van der Waals surface area contributed by atoms with Gasteiger partial charge < -0.3 is 9.64 Å². The molecule has 0 bridgehead atoms. The minimum Gasteiger partial charge on any atom is -0.481 e. The van der Waals surface area contributed by atoms with Crippen LogP contribution in [0.5, 0.6) is 5.75 Å². The van der Waals surface area contributed by atoms with E-state index >= 15 is 0 Å². The van der Waals surface area contributed by atoms with Crippen molar-refractivity contribution in [2.24, 2.45) is 0 Å². The molecule has 1 amide bonds. The van der Waals surface area contributed by atoms with Crippen molar-refractivity contribution in [3.8, 4) is 5.75 Å². The Bertz CT molecular complexity index is 697. The van der Waals surface area contributed by atoms with Gasteiger partial charge in [-0.2, -0.15) is 0 Å². The first-order valence-electron chi connectivity index (χ1n) is 8.95. The summed E-state index contributed by atoms with van der Waals surface area (Å²) in [5.74, 6) is 1.26. The predicted octanol–water partition coefficient (Wildman–Crippen LogP) is 3.35. The van der Waals surface area contributed by atoms with Crippen LogP contribution in [0.4, 0.5) is 0 Å². The zero-order valence-electron chi connectivity index (χ0n) is 14.9. The van der Waals surface area contributed by atoms with Gasteiger partial charge in [-0.25, -0.2) is 9.97 Å². The number of piperidine rings is 1. The van der Waals surface area contributed by atoms with E-state index in [2.05, 4.69) is 9.97 Å². The van der Waals surface area contributed by atoms with E-state index in [0.717, 1.165) is 42.9 Å². The molecule has 1 saturated heterocycles. The fraction of sp³-hybridized carbons (Fsp3) is 0.450. The molecule has 0 radical (unpaired) electrons. The number of rotatable bonds is 5. The van der Waals surface area contributed by atoms with Crippen LogP contribution in [-0.4, -0.2) is 40.0 Å². The molecule has 0 saturated carbocycles.